The van der Waals surface area contributed by atoms with E-state index < -0.39 is 0 Å². The molecule has 0 saturated carbocycles. The standard InChI is InChI=1S/C10H6BrNO2/c11-9-5-14-10-7(4-12-6-13)2-1-3-8(9)10/h1-3,5H,4H2. The van der Waals surface area contributed by atoms with Crippen molar-refractivity contribution >= 4 is 33.0 Å². The fourth-order valence-electron chi connectivity index (χ4n) is 1.33. The van der Waals surface area contributed by atoms with Crippen molar-refractivity contribution in [3.05, 3.63) is 34.5 Å². The number of isocyanates is 1. The summed E-state index contributed by atoms with van der Waals surface area (Å²) in [5.74, 6) is 0. The maximum absolute atomic E-state index is 9.99. The highest BCUT2D eigenvalue weighted by molar-refractivity contribution is 9.10. The predicted octanol–water partition coefficient (Wildman–Crippen LogP) is 3.03. The lowest BCUT2D eigenvalue weighted by Crippen LogP contribution is -1.81. The molecule has 3 nitrogen and oxygen atoms in total. The molecule has 0 radical (unpaired) electrons. The number of aliphatic imine (C=N–C) groups is 1. The van der Waals surface area contributed by atoms with Crippen LogP contribution in [0.2, 0.25) is 0 Å². The number of benzene rings is 1. The number of fused-ring (bicyclic) bond motifs is 1. The molecule has 0 aliphatic carbocycles. The minimum atomic E-state index is 0.306. The maximum atomic E-state index is 9.99. The van der Waals surface area contributed by atoms with Crippen LogP contribution in [0.1, 0.15) is 5.56 Å². The van der Waals surface area contributed by atoms with Crippen molar-refractivity contribution in [1.29, 1.82) is 0 Å². The maximum Gasteiger partial charge on any atom is 0.235 e. The summed E-state index contributed by atoms with van der Waals surface area (Å²) in [4.78, 5) is 13.5. The van der Waals surface area contributed by atoms with Crippen molar-refractivity contribution in [3.8, 4) is 0 Å². The van der Waals surface area contributed by atoms with E-state index in [1.54, 1.807) is 6.26 Å². The van der Waals surface area contributed by atoms with Crippen LogP contribution in [0, 0.1) is 0 Å². The van der Waals surface area contributed by atoms with Crippen LogP contribution in [-0.2, 0) is 11.3 Å². The largest absolute Gasteiger partial charge is 0.463 e. The van der Waals surface area contributed by atoms with E-state index in [9.17, 15) is 4.79 Å². The first kappa shape index (κ1) is 9.19. The number of rotatable bonds is 2. The average Bonchev–Trinajstić information content (AvgIpc) is 2.58. The molecule has 0 atom stereocenters. The van der Waals surface area contributed by atoms with Crippen LogP contribution in [0.5, 0.6) is 0 Å². The summed E-state index contributed by atoms with van der Waals surface area (Å²) in [5.41, 5.74) is 1.65. The van der Waals surface area contributed by atoms with Gasteiger partial charge in [0.1, 0.15) is 11.8 Å². The first-order chi connectivity index (χ1) is 6.83. The molecule has 0 N–H and O–H groups in total. The van der Waals surface area contributed by atoms with Gasteiger partial charge in [-0.05, 0) is 22.0 Å². The number of para-hydroxylation sites is 1. The predicted molar refractivity (Wildman–Crippen MR) is 55.7 cm³/mol. The fourth-order valence-corrected chi connectivity index (χ4v) is 1.73. The minimum Gasteiger partial charge on any atom is -0.463 e. The molecule has 0 amide bonds. The summed E-state index contributed by atoms with van der Waals surface area (Å²) < 4.78 is 6.25. The van der Waals surface area contributed by atoms with Crippen LogP contribution in [0.3, 0.4) is 0 Å². The molecule has 0 aliphatic rings. The summed E-state index contributed by atoms with van der Waals surface area (Å²) in [6.07, 6.45) is 3.13. The number of hydrogen-bond donors (Lipinski definition) is 0. The molecule has 70 valence electrons. The van der Waals surface area contributed by atoms with E-state index in [1.807, 2.05) is 18.2 Å². The number of halogens is 1. The van der Waals surface area contributed by atoms with Gasteiger partial charge in [0.2, 0.25) is 6.08 Å². The third-order valence-corrected chi connectivity index (χ3v) is 2.56. The van der Waals surface area contributed by atoms with Gasteiger partial charge in [-0.1, -0.05) is 12.1 Å². The smallest absolute Gasteiger partial charge is 0.235 e. The van der Waals surface area contributed by atoms with Gasteiger partial charge < -0.3 is 4.42 Å². The molecule has 4 heteroatoms. The highest BCUT2D eigenvalue weighted by Gasteiger charge is 2.06. The second kappa shape index (κ2) is 3.78. The van der Waals surface area contributed by atoms with Gasteiger partial charge in [-0.25, -0.2) is 9.79 Å². The first-order valence-electron chi connectivity index (χ1n) is 4.01. The zero-order chi connectivity index (χ0) is 9.97. The number of hydrogen-bond acceptors (Lipinski definition) is 3. The number of nitrogens with zero attached hydrogens (tertiary/aromatic N) is 1. The molecule has 0 aliphatic heterocycles. The third-order valence-electron chi connectivity index (χ3n) is 1.95. The zero-order valence-corrected chi connectivity index (χ0v) is 8.74. The Bertz CT molecular complexity index is 512. The summed E-state index contributed by atoms with van der Waals surface area (Å²) in [6.45, 7) is 0.306. The second-order valence-corrected chi connectivity index (χ2v) is 3.64. The molecule has 0 unspecified atom stereocenters. The van der Waals surface area contributed by atoms with Gasteiger partial charge in [0, 0.05) is 10.9 Å². The molecule has 1 heterocycles. The lowest BCUT2D eigenvalue weighted by Gasteiger charge is -1.95. The third kappa shape index (κ3) is 1.50. The second-order valence-electron chi connectivity index (χ2n) is 2.78. The van der Waals surface area contributed by atoms with Gasteiger partial charge in [0.15, 0.2) is 0 Å². The van der Waals surface area contributed by atoms with Crippen molar-refractivity contribution in [3.63, 3.8) is 0 Å². The van der Waals surface area contributed by atoms with E-state index in [4.69, 9.17) is 4.42 Å². The molecular weight excluding hydrogens is 246 g/mol. The number of furan rings is 1. The Labute approximate surface area is 88.6 Å². The molecule has 14 heavy (non-hydrogen) atoms. The van der Waals surface area contributed by atoms with E-state index in [-0.39, 0.29) is 0 Å². The summed E-state index contributed by atoms with van der Waals surface area (Å²) >= 11 is 3.37. The fraction of sp³-hybridized carbons (Fsp3) is 0.100. The summed E-state index contributed by atoms with van der Waals surface area (Å²) in [6, 6.07) is 5.72. The Morgan fingerprint density at radius 3 is 3.14 bits per heavy atom. The average molecular weight is 252 g/mol. The highest BCUT2D eigenvalue weighted by Crippen LogP contribution is 2.28. The highest BCUT2D eigenvalue weighted by atomic mass is 79.9. The van der Waals surface area contributed by atoms with Gasteiger partial charge in [-0.15, -0.1) is 0 Å². The van der Waals surface area contributed by atoms with E-state index in [1.165, 1.54) is 6.08 Å². The Morgan fingerprint density at radius 2 is 2.36 bits per heavy atom. The molecule has 0 fully saturated rings. The minimum absolute atomic E-state index is 0.306. The lowest BCUT2D eigenvalue weighted by molar-refractivity contribution is 0.562. The lowest BCUT2D eigenvalue weighted by atomic mass is 10.1. The summed E-state index contributed by atoms with van der Waals surface area (Å²) in [7, 11) is 0. The van der Waals surface area contributed by atoms with Crippen molar-refractivity contribution in [2.45, 2.75) is 6.54 Å². The quantitative estimate of drug-likeness (QED) is 0.609. The van der Waals surface area contributed by atoms with Crippen molar-refractivity contribution in [2.24, 2.45) is 4.99 Å². The van der Waals surface area contributed by atoms with Gasteiger partial charge in [0.05, 0.1) is 11.0 Å². The van der Waals surface area contributed by atoms with Crippen LogP contribution in [0.4, 0.5) is 0 Å². The van der Waals surface area contributed by atoms with Crippen molar-refractivity contribution < 1.29 is 9.21 Å². The van der Waals surface area contributed by atoms with Crippen LogP contribution in [-0.4, -0.2) is 6.08 Å². The molecule has 1 aromatic heterocycles. The van der Waals surface area contributed by atoms with Gasteiger partial charge in [-0.2, -0.15) is 0 Å². The molecule has 0 saturated heterocycles. The molecule has 2 rings (SSSR count). The SMILES string of the molecule is O=C=NCc1cccc2c(Br)coc12. The van der Waals surface area contributed by atoms with Gasteiger partial charge in [0.25, 0.3) is 0 Å². The van der Waals surface area contributed by atoms with E-state index >= 15 is 0 Å². The zero-order valence-electron chi connectivity index (χ0n) is 7.16. The van der Waals surface area contributed by atoms with Crippen LogP contribution >= 0.6 is 15.9 Å². The Hall–Kier alpha value is -1.38. The van der Waals surface area contributed by atoms with E-state index in [2.05, 4.69) is 20.9 Å². The molecule has 2 aromatic rings. The van der Waals surface area contributed by atoms with Gasteiger partial charge >= 0.3 is 0 Å². The van der Waals surface area contributed by atoms with E-state index in [0.717, 1.165) is 21.0 Å². The Morgan fingerprint density at radius 1 is 1.50 bits per heavy atom. The Balaban J connectivity index is 2.59. The molecular formula is C10H6BrNO2. The molecule has 0 spiro atoms. The molecule has 1 aromatic carbocycles. The molecule has 0 bridgehead atoms. The topological polar surface area (TPSA) is 42.6 Å². The van der Waals surface area contributed by atoms with Crippen LogP contribution < -0.4 is 0 Å². The Kier molecular flexibility index (Phi) is 2.48. The normalized spacial score (nSPS) is 10.1. The monoisotopic (exact) mass is 251 g/mol. The van der Waals surface area contributed by atoms with Crippen molar-refractivity contribution in [1.82, 2.24) is 0 Å². The van der Waals surface area contributed by atoms with Crippen LogP contribution in [0.25, 0.3) is 11.0 Å². The van der Waals surface area contributed by atoms with Gasteiger partial charge in [-0.3, -0.25) is 0 Å². The number of carbonyl (C=O) groups excluding carboxylic acids is 1. The first-order valence-corrected chi connectivity index (χ1v) is 4.80. The summed E-state index contributed by atoms with van der Waals surface area (Å²) in [5, 5.41) is 0.989. The van der Waals surface area contributed by atoms with Crippen LogP contribution in [0.15, 0.2) is 38.3 Å². The van der Waals surface area contributed by atoms with E-state index in [0.29, 0.717) is 6.54 Å². The van der Waals surface area contributed by atoms with Crippen molar-refractivity contribution in [2.75, 3.05) is 0 Å².